The van der Waals surface area contributed by atoms with E-state index in [1.165, 1.54) is 0 Å². The van der Waals surface area contributed by atoms with Crippen molar-refractivity contribution in [1.29, 1.82) is 0 Å². The fraction of sp³-hybridized carbons (Fsp3) is 0.286. The molecule has 2 rings (SSSR count). The van der Waals surface area contributed by atoms with E-state index < -0.39 is 0 Å². The maximum absolute atomic E-state index is 12.2. The topological polar surface area (TPSA) is 46.9 Å². The average molecular weight is 243 g/mol. The van der Waals surface area contributed by atoms with Crippen molar-refractivity contribution in [2.45, 2.75) is 19.3 Å². The molecule has 0 saturated heterocycles. The molecule has 4 heteroatoms. The van der Waals surface area contributed by atoms with Gasteiger partial charge in [0.2, 0.25) is 5.91 Å². The van der Waals surface area contributed by atoms with Crippen LogP contribution in [0.1, 0.15) is 24.8 Å². The highest BCUT2D eigenvalue weighted by molar-refractivity contribution is 5.95. The van der Waals surface area contributed by atoms with Gasteiger partial charge in [0.15, 0.2) is 5.82 Å². The number of carbonyl (C=O) groups is 1. The third-order valence-corrected chi connectivity index (χ3v) is 2.89. The van der Waals surface area contributed by atoms with Gasteiger partial charge in [0.1, 0.15) is 0 Å². The van der Waals surface area contributed by atoms with Gasteiger partial charge in [-0.3, -0.25) is 9.48 Å². The van der Waals surface area contributed by atoms with E-state index >= 15 is 0 Å². The molecular weight excluding hydrogens is 226 g/mol. The Balaban J connectivity index is 2.11. The van der Waals surface area contributed by atoms with E-state index in [0.717, 1.165) is 12.0 Å². The van der Waals surface area contributed by atoms with E-state index in [1.54, 1.807) is 16.9 Å². The standard InChI is InChI=1S/C14H17N3O/c1-3-12(11-7-5-4-6-8-11)14(18)15-13-9-10-17(2)16-13/h4-10,12H,3H2,1-2H3,(H,15,16,18)/t12-/m1/s1. The van der Waals surface area contributed by atoms with Crippen LogP contribution in [0.2, 0.25) is 0 Å². The largest absolute Gasteiger partial charge is 0.309 e. The number of amides is 1. The van der Waals surface area contributed by atoms with Crippen LogP contribution in [0.25, 0.3) is 0 Å². The number of benzene rings is 1. The quantitative estimate of drug-likeness (QED) is 0.897. The molecule has 2 aromatic rings. The molecule has 1 heterocycles. The van der Waals surface area contributed by atoms with Gasteiger partial charge in [0, 0.05) is 19.3 Å². The molecule has 0 saturated carbocycles. The van der Waals surface area contributed by atoms with Gasteiger partial charge in [0.05, 0.1) is 5.92 Å². The van der Waals surface area contributed by atoms with E-state index in [0.29, 0.717) is 5.82 Å². The summed E-state index contributed by atoms with van der Waals surface area (Å²) in [5.41, 5.74) is 1.04. The SMILES string of the molecule is CC[C@@H](C(=O)Nc1ccn(C)n1)c1ccccc1. The van der Waals surface area contributed by atoms with Crippen LogP contribution < -0.4 is 5.32 Å². The lowest BCUT2D eigenvalue weighted by molar-refractivity contribution is -0.117. The van der Waals surface area contributed by atoms with Gasteiger partial charge in [0.25, 0.3) is 0 Å². The molecule has 0 aliphatic carbocycles. The van der Waals surface area contributed by atoms with Crippen molar-refractivity contribution in [3.05, 3.63) is 48.2 Å². The van der Waals surface area contributed by atoms with Crippen LogP contribution in [0.15, 0.2) is 42.6 Å². The fourth-order valence-corrected chi connectivity index (χ4v) is 1.95. The van der Waals surface area contributed by atoms with E-state index in [4.69, 9.17) is 0 Å². The van der Waals surface area contributed by atoms with Crippen molar-refractivity contribution in [3.8, 4) is 0 Å². The third-order valence-electron chi connectivity index (χ3n) is 2.89. The second-order valence-electron chi connectivity index (χ2n) is 4.24. The lowest BCUT2D eigenvalue weighted by Crippen LogP contribution is -2.21. The van der Waals surface area contributed by atoms with Crippen molar-refractivity contribution in [3.63, 3.8) is 0 Å². The van der Waals surface area contributed by atoms with Crippen LogP contribution in [0.5, 0.6) is 0 Å². The minimum atomic E-state index is -0.131. The molecule has 0 unspecified atom stereocenters. The highest BCUT2D eigenvalue weighted by Crippen LogP contribution is 2.20. The molecule has 94 valence electrons. The number of nitrogens with zero attached hydrogens (tertiary/aromatic N) is 2. The minimum absolute atomic E-state index is 0.0117. The van der Waals surface area contributed by atoms with Crippen molar-refractivity contribution >= 4 is 11.7 Å². The average Bonchev–Trinajstić information content (AvgIpc) is 2.77. The van der Waals surface area contributed by atoms with Crippen molar-refractivity contribution in [2.75, 3.05) is 5.32 Å². The Hall–Kier alpha value is -2.10. The number of nitrogens with one attached hydrogen (secondary N) is 1. The predicted octanol–water partition coefficient (Wildman–Crippen LogP) is 2.55. The summed E-state index contributed by atoms with van der Waals surface area (Å²) in [6.07, 6.45) is 2.57. The van der Waals surface area contributed by atoms with E-state index in [1.807, 2.05) is 44.3 Å². The molecule has 4 nitrogen and oxygen atoms in total. The summed E-state index contributed by atoms with van der Waals surface area (Å²) in [6.45, 7) is 2.01. The van der Waals surface area contributed by atoms with Crippen molar-refractivity contribution in [1.82, 2.24) is 9.78 Å². The van der Waals surface area contributed by atoms with Crippen LogP contribution in [-0.2, 0) is 11.8 Å². The van der Waals surface area contributed by atoms with Crippen LogP contribution in [-0.4, -0.2) is 15.7 Å². The Bertz CT molecular complexity index is 519. The Labute approximate surface area is 107 Å². The van der Waals surface area contributed by atoms with E-state index in [2.05, 4.69) is 10.4 Å². The van der Waals surface area contributed by atoms with E-state index in [9.17, 15) is 4.79 Å². The Morgan fingerprint density at radius 3 is 2.61 bits per heavy atom. The lowest BCUT2D eigenvalue weighted by atomic mass is 9.96. The molecule has 0 bridgehead atoms. The first-order chi connectivity index (χ1) is 8.70. The molecule has 18 heavy (non-hydrogen) atoms. The zero-order valence-corrected chi connectivity index (χ0v) is 10.6. The number of hydrogen-bond donors (Lipinski definition) is 1. The first-order valence-electron chi connectivity index (χ1n) is 6.06. The summed E-state index contributed by atoms with van der Waals surface area (Å²) < 4.78 is 1.67. The third kappa shape index (κ3) is 2.77. The van der Waals surface area contributed by atoms with Gasteiger partial charge in [-0.2, -0.15) is 5.10 Å². The molecular formula is C14H17N3O. The fourth-order valence-electron chi connectivity index (χ4n) is 1.95. The highest BCUT2D eigenvalue weighted by Gasteiger charge is 2.18. The number of rotatable bonds is 4. The van der Waals surface area contributed by atoms with Crippen LogP contribution in [0, 0.1) is 0 Å². The number of carbonyl (C=O) groups excluding carboxylic acids is 1. The maximum Gasteiger partial charge on any atom is 0.233 e. The summed E-state index contributed by atoms with van der Waals surface area (Å²) >= 11 is 0. The molecule has 0 aliphatic heterocycles. The molecule has 1 aromatic carbocycles. The zero-order chi connectivity index (χ0) is 13.0. The van der Waals surface area contributed by atoms with Crippen LogP contribution in [0.3, 0.4) is 0 Å². The van der Waals surface area contributed by atoms with Crippen molar-refractivity contribution < 1.29 is 4.79 Å². The maximum atomic E-state index is 12.2. The van der Waals surface area contributed by atoms with Gasteiger partial charge in [-0.1, -0.05) is 37.3 Å². The van der Waals surface area contributed by atoms with Gasteiger partial charge >= 0.3 is 0 Å². The second-order valence-corrected chi connectivity index (χ2v) is 4.24. The predicted molar refractivity (Wildman–Crippen MR) is 71.3 cm³/mol. The molecule has 0 aliphatic rings. The number of aryl methyl sites for hydroxylation is 1. The number of anilines is 1. The minimum Gasteiger partial charge on any atom is -0.309 e. The smallest absolute Gasteiger partial charge is 0.233 e. The van der Waals surface area contributed by atoms with Crippen molar-refractivity contribution in [2.24, 2.45) is 7.05 Å². The summed E-state index contributed by atoms with van der Waals surface area (Å²) in [5, 5.41) is 6.99. The molecule has 0 fully saturated rings. The normalized spacial score (nSPS) is 12.1. The molecule has 0 spiro atoms. The molecule has 1 N–H and O–H groups in total. The van der Waals surface area contributed by atoms with Gasteiger partial charge < -0.3 is 5.32 Å². The summed E-state index contributed by atoms with van der Waals surface area (Å²) in [5.74, 6) is 0.451. The molecule has 1 aromatic heterocycles. The van der Waals surface area contributed by atoms with Crippen LogP contribution in [0.4, 0.5) is 5.82 Å². The van der Waals surface area contributed by atoms with Gasteiger partial charge in [-0.15, -0.1) is 0 Å². The van der Waals surface area contributed by atoms with Gasteiger partial charge in [-0.05, 0) is 12.0 Å². The molecule has 0 radical (unpaired) electrons. The highest BCUT2D eigenvalue weighted by atomic mass is 16.2. The number of hydrogen-bond acceptors (Lipinski definition) is 2. The number of aromatic nitrogens is 2. The monoisotopic (exact) mass is 243 g/mol. The summed E-state index contributed by atoms with van der Waals surface area (Å²) in [7, 11) is 1.82. The molecule has 1 atom stereocenters. The zero-order valence-electron chi connectivity index (χ0n) is 10.6. The van der Waals surface area contributed by atoms with Gasteiger partial charge in [-0.25, -0.2) is 0 Å². The lowest BCUT2D eigenvalue weighted by Gasteiger charge is -2.14. The summed E-state index contributed by atoms with van der Waals surface area (Å²) in [6, 6.07) is 11.6. The molecule has 1 amide bonds. The van der Waals surface area contributed by atoms with E-state index in [-0.39, 0.29) is 11.8 Å². The Kier molecular flexibility index (Phi) is 3.77. The first-order valence-corrected chi connectivity index (χ1v) is 6.06. The Morgan fingerprint density at radius 1 is 1.33 bits per heavy atom. The second kappa shape index (κ2) is 5.49. The Morgan fingerprint density at radius 2 is 2.06 bits per heavy atom. The summed E-state index contributed by atoms with van der Waals surface area (Å²) in [4.78, 5) is 12.2. The van der Waals surface area contributed by atoms with Crippen LogP contribution >= 0.6 is 0 Å². The first kappa shape index (κ1) is 12.4.